The number of thioether (sulfide) groups is 1. The maximum Gasteiger partial charge on any atom is 0.266 e. The summed E-state index contributed by atoms with van der Waals surface area (Å²) in [5, 5.41) is 3.76. The maximum atomic E-state index is 13.7. The Labute approximate surface area is 233 Å². The second-order valence-electron chi connectivity index (χ2n) is 9.28. The lowest BCUT2D eigenvalue weighted by atomic mass is 10.0. The van der Waals surface area contributed by atoms with E-state index in [0.29, 0.717) is 27.3 Å². The molecule has 39 heavy (non-hydrogen) atoms. The van der Waals surface area contributed by atoms with Gasteiger partial charge in [-0.25, -0.2) is 17.7 Å². The van der Waals surface area contributed by atoms with Gasteiger partial charge >= 0.3 is 0 Å². The van der Waals surface area contributed by atoms with Gasteiger partial charge in [-0.05, 0) is 60.7 Å². The van der Waals surface area contributed by atoms with Crippen molar-refractivity contribution < 1.29 is 13.2 Å². The number of benzene rings is 3. The highest BCUT2D eigenvalue weighted by Crippen LogP contribution is 2.27. The van der Waals surface area contributed by atoms with Crippen molar-refractivity contribution in [3.8, 4) is 5.69 Å². The molecule has 0 bridgehead atoms. The van der Waals surface area contributed by atoms with Crippen molar-refractivity contribution in [2.45, 2.75) is 43.7 Å². The summed E-state index contributed by atoms with van der Waals surface area (Å²) in [6.45, 7) is 5.89. The molecule has 0 radical (unpaired) electrons. The lowest BCUT2D eigenvalue weighted by Crippen LogP contribution is -2.25. The first-order valence-electron chi connectivity index (χ1n) is 12.7. The molecule has 4 aromatic rings. The molecule has 0 fully saturated rings. The fourth-order valence-electron chi connectivity index (χ4n) is 4.33. The van der Waals surface area contributed by atoms with Crippen LogP contribution >= 0.6 is 11.8 Å². The van der Waals surface area contributed by atoms with Crippen molar-refractivity contribution in [3.05, 3.63) is 87.7 Å². The quantitative estimate of drug-likeness (QED) is 0.232. The summed E-state index contributed by atoms with van der Waals surface area (Å²) in [6, 6.07) is 17.7. The van der Waals surface area contributed by atoms with Gasteiger partial charge in [-0.3, -0.25) is 14.2 Å². The number of nitrogens with zero attached hydrogens (tertiary/aromatic N) is 3. The van der Waals surface area contributed by atoms with Crippen LogP contribution in [0.3, 0.4) is 0 Å². The molecule has 1 heterocycles. The highest BCUT2D eigenvalue weighted by atomic mass is 32.2. The third-order valence-corrected chi connectivity index (χ3v) is 9.29. The Morgan fingerprint density at radius 1 is 1.00 bits per heavy atom. The van der Waals surface area contributed by atoms with E-state index in [2.05, 4.69) is 5.32 Å². The molecular weight excluding hydrogens is 532 g/mol. The SMILES string of the molecule is CCc1cccc(CC)c1NC(=O)CSc1nc2ccccc2c(=O)n1-c1cc(S(=O)(=O)N(C)C)ccc1C. The summed E-state index contributed by atoms with van der Waals surface area (Å²) >= 11 is 1.13. The van der Waals surface area contributed by atoms with E-state index in [0.717, 1.165) is 45.7 Å². The number of nitrogens with one attached hydrogen (secondary N) is 1. The van der Waals surface area contributed by atoms with Crippen LogP contribution in [-0.2, 0) is 27.7 Å². The van der Waals surface area contributed by atoms with Crippen LogP contribution in [0.5, 0.6) is 0 Å². The molecule has 8 nitrogen and oxygen atoms in total. The van der Waals surface area contributed by atoms with E-state index in [-0.39, 0.29) is 22.1 Å². The topological polar surface area (TPSA) is 101 Å². The zero-order valence-electron chi connectivity index (χ0n) is 22.7. The summed E-state index contributed by atoms with van der Waals surface area (Å²) in [5.74, 6) is -0.203. The summed E-state index contributed by atoms with van der Waals surface area (Å²) in [4.78, 5) is 31.6. The molecule has 0 aliphatic carbocycles. The first-order valence-corrected chi connectivity index (χ1v) is 15.1. The Balaban J connectivity index is 1.78. The third-order valence-electron chi connectivity index (χ3n) is 6.54. The third kappa shape index (κ3) is 5.78. The Bertz CT molecular complexity index is 1690. The number of rotatable bonds is 9. The van der Waals surface area contributed by atoms with Gasteiger partial charge in [-0.15, -0.1) is 0 Å². The van der Waals surface area contributed by atoms with E-state index in [4.69, 9.17) is 4.98 Å². The van der Waals surface area contributed by atoms with Crippen LogP contribution in [0, 0.1) is 6.92 Å². The molecule has 1 amide bonds. The number of para-hydroxylation sites is 2. The molecule has 3 aromatic carbocycles. The zero-order valence-corrected chi connectivity index (χ0v) is 24.3. The number of amides is 1. The fourth-order valence-corrected chi connectivity index (χ4v) is 6.06. The molecule has 204 valence electrons. The minimum absolute atomic E-state index is 0.0146. The van der Waals surface area contributed by atoms with Gasteiger partial charge in [-0.1, -0.05) is 62.0 Å². The van der Waals surface area contributed by atoms with E-state index in [1.54, 1.807) is 37.3 Å². The normalized spacial score (nSPS) is 11.7. The van der Waals surface area contributed by atoms with Crippen LogP contribution in [0.2, 0.25) is 0 Å². The first kappa shape index (κ1) is 28.5. The van der Waals surface area contributed by atoms with Crippen molar-refractivity contribution in [2.24, 2.45) is 0 Å². The molecule has 0 spiro atoms. The predicted octanol–water partition coefficient (Wildman–Crippen LogP) is 4.80. The molecule has 0 saturated carbocycles. The molecule has 10 heteroatoms. The summed E-state index contributed by atoms with van der Waals surface area (Å²) in [5.41, 5.74) is 4.20. The fraction of sp³-hybridized carbons (Fsp3) is 0.276. The average molecular weight is 565 g/mol. The van der Waals surface area contributed by atoms with Crippen LogP contribution in [0.1, 0.15) is 30.5 Å². The number of sulfonamides is 1. The van der Waals surface area contributed by atoms with Gasteiger partial charge in [0.1, 0.15) is 0 Å². The maximum absolute atomic E-state index is 13.7. The minimum Gasteiger partial charge on any atom is -0.325 e. The van der Waals surface area contributed by atoms with Crippen LogP contribution in [-0.4, -0.2) is 48.0 Å². The van der Waals surface area contributed by atoms with Gasteiger partial charge < -0.3 is 5.32 Å². The van der Waals surface area contributed by atoms with Crippen LogP contribution in [0.15, 0.2) is 75.5 Å². The molecule has 1 aromatic heterocycles. The molecule has 1 N–H and O–H groups in total. The van der Waals surface area contributed by atoms with Crippen molar-refractivity contribution in [1.29, 1.82) is 0 Å². The zero-order chi connectivity index (χ0) is 28.3. The molecule has 0 aliphatic heterocycles. The Hall–Kier alpha value is -3.47. The number of carbonyl (C=O) groups excluding carboxylic acids is 1. The standard InChI is InChI=1S/C29H32N4O4S2/c1-6-20-11-10-12-21(7-2)27(20)31-26(34)18-38-29-30-24-14-9-8-13-23(24)28(35)33(29)25-17-22(16-15-19(25)3)39(36,37)32(4)5/h8-17H,6-7,18H2,1-5H3,(H,31,34). The van der Waals surface area contributed by atoms with Crippen LogP contribution < -0.4 is 10.9 Å². The van der Waals surface area contributed by atoms with Crippen molar-refractivity contribution in [3.63, 3.8) is 0 Å². The lowest BCUT2D eigenvalue weighted by Gasteiger charge is -2.18. The second-order valence-corrected chi connectivity index (χ2v) is 12.4. The Kier molecular flexibility index (Phi) is 8.58. The van der Waals surface area contributed by atoms with Gasteiger partial charge in [0.25, 0.3) is 5.56 Å². The smallest absolute Gasteiger partial charge is 0.266 e. The van der Waals surface area contributed by atoms with Crippen molar-refractivity contribution >= 4 is 44.3 Å². The van der Waals surface area contributed by atoms with Gasteiger partial charge in [0.05, 0.1) is 27.2 Å². The number of hydrogen-bond acceptors (Lipinski definition) is 6. The molecule has 4 rings (SSSR count). The van der Waals surface area contributed by atoms with E-state index < -0.39 is 10.0 Å². The van der Waals surface area contributed by atoms with Gasteiger partial charge in [0.2, 0.25) is 15.9 Å². The first-order chi connectivity index (χ1) is 18.6. The minimum atomic E-state index is -3.74. The summed E-state index contributed by atoms with van der Waals surface area (Å²) in [6.07, 6.45) is 1.57. The number of aromatic nitrogens is 2. The van der Waals surface area contributed by atoms with Crippen molar-refractivity contribution in [2.75, 3.05) is 25.2 Å². The van der Waals surface area contributed by atoms with Crippen LogP contribution in [0.4, 0.5) is 5.69 Å². The highest BCUT2D eigenvalue weighted by molar-refractivity contribution is 7.99. The molecule has 0 atom stereocenters. The molecule has 0 saturated heterocycles. The monoisotopic (exact) mass is 564 g/mol. The second kappa shape index (κ2) is 11.7. The van der Waals surface area contributed by atoms with E-state index in [1.165, 1.54) is 30.8 Å². The Morgan fingerprint density at radius 2 is 1.67 bits per heavy atom. The van der Waals surface area contributed by atoms with Crippen molar-refractivity contribution in [1.82, 2.24) is 13.9 Å². The predicted molar refractivity (Wildman–Crippen MR) is 158 cm³/mol. The largest absolute Gasteiger partial charge is 0.325 e. The van der Waals surface area contributed by atoms with Gasteiger partial charge in [-0.2, -0.15) is 0 Å². The number of fused-ring (bicyclic) bond motifs is 1. The molecular formula is C29H32N4O4S2. The lowest BCUT2D eigenvalue weighted by molar-refractivity contribution is -0.113. The number of anilines is 1. The van der Waals surface area contributed by atoms with Crippen LogP contribution in [0.25, 0.3) is 16.6 Å². The number of aryl methyl sites for hydroxylation is 3. The number of carbonyl (C=O) groups is 1. The van der Waals surface area contributed by atoms with E-state index >= 15 is 0 Å². The molecule has 0 unspecified atom stereocenters. The van der Waals surface area contributed by atoms with E-state index in [9.17, 15) is 18.0 Å². The van der Waals surface area contributed by atoms with Gasteiger partial charge in [0, 0.05) is 19.8 Å². The molecule has 0 aliphatic rings. The average Bonchev–Trinajstić information content (AvgIpc) is 2.92. The Morgan fingerprint density at radius 3 is 2.31 bits per heavy atom. The number of hydrogen-bond donors (Lipinski definition) is 1. The summed E-state index contributed by atoms with van der Waals surface area (Å²) in [7, 11) is -0.824. The highest BCUT2D eigenvalue weighted by Gasteiger charge is 2.22. The van der Waals surface area contributed by atoms with E-state index in [1.807, 2.05) is 32.0 Å². The van der Waals surface area contributed by atoms with Gasteiger partial charge in [0.15, 0.2) is 5.16 Å². The summed E-state index contributed by atoms with van der Waals surface area (Å²) < 4.78 is 28.3.